The van der Waals surface area contributed by atoms with Gasteiger partial charge in [0.2, 0.25) is 11.9 Å². The van der Waals surface area contributed by atoms with E-state index in [0.29, 0.717) is 37.2 Å². The third-order valence-corrected chi connectivity index (χ3v) is 7.36. The van der Waals surface area contributed by atoms with E-state index in [0.717, 1.165) is 32.1 Å². The third kappa shape index (κ3) is 8.31. The number of halogens is 3. The summed E-state index contributed by atoms with van der Waals surface area (Å²) in [6.45, 7) is 8.35. The molecule has 1 aromatic heterocycles. The van der Waals surface area contributed by atoms with Gasteiger partial charge in [-0.05, 0) is 44.2 Å². The number of anilines is 3. The second kappa shape index (κ2) is 13.1. The molecule has 1 aromatic carbocycles. The van der Waals surface area contributed by atoms with Gasteiger partial charge in [0.05, 0.1) is 0 Å². The zero-order chi connectivity index (χ0) is 29.1. The first-order chi connectivity index (χ1) is 18.8. The van der Waals surface area contributed by atoms with Gasteiger partial charge in [-0.3, -0.25) is 9.59 Å². The Morgan fingerprint density at radius 2 is 1.56 bits per heavy atom. The summed E-state index contributed by atoms with van der Waals surface area (Å²) in [4.78, 5) is 37.5. The first-order valence-corrected chi connectivity index (χ1v) is 13.7. The molecule has 0 unspecified atom stereocenters. The number of carbonyl (C=O) groups is 2. The molecule has 1 aliphatic carbocycles. The number of nitrogens with zero attached hydrogens (tertiary/aromatic N) is 4. The molecule has 2 fully saturated rings. The van der Waals surface area contributed by atoms with E-state index in [1.807, 2.05) is 11.9 Å². The highest BCUT2D eigenvalue weighted by Crippen LogP contribution is 2.35. The number of amides is 2. The number of likely N-dealkylation sites (N-methyl/N-ethyl adjacent to an activating group) is 1. The van der Waals surface area contributed by atoms with Gasteiger partial charge in [0.15, 0.2) is 0 Å². The number of alkyl halides is 3. The molecule has 12 heteroatoms. The van der Waals surface area contributed by atoms with Crippen LogP contribution < -0.4 is 16.0 Å². The molecule has 226 valence electrons. The topological polar surface area (TPSA) is 102 Å². The van der Waals surface area contributed by atoms with Crippen molar-refractivity contribution >= 4 is 29.3 Å². The van der Waals surface area contributed by atoms with Crippen LogP contribution in [0.25, 0.3) is 0 Å². The van der Waals surface area contributed by atoms with Crippen molar-refractivity contribution in [3.05, 3.63) is 41.6 Å². The molecule has 41 heavy (non-hydrogen) atoms. The fourth-order valence-electron chi connectivity index (χ4n) is 4.81. The van der Waals surface area contributed by atoms with Crippen LogP contribution in [0.1, 0.15) is 69.8 Å². The molecule has 1 saturated carbocycles. The SMILES string of the molecule is C.CN1CCN(C(=O)c2ccc(Nc3ncc(C(F)(F)F)c(N[C@@H]4CCCC[C@@H]4NC(=O)C(C)(C)C)n3)cc2)CC1. The number of piperazine rings is 1. The minimum absolute atomic E-state index is 0. The highest BCUT2D eigenvalue weighted by Gasteiger charge is 2.37. The Bertz CT molecular complexity index is 1190. The van der Waals surface area contributed by atoms with Crippen molar-refractivity contribution < 1.29 is 22.8 Å². The van der Waals surface area contributed by atoms with Crippen molar-refractivity contribution in [2.24, 2.45) is 5.41 Å². The van der Waals surface area contributed by atoms with E-state index < -0.39 is 23.2 Å². The van der Waals surface area contributed by atoms with E-state index in [-0.39, 0.29) is 37.0 Å². The van der Waals surface area contributed by atoms with Crippen LogP contribution in [0, 0.1) is 5.41 Å². The van der Waals surface area contributed by atoms with Crippen LogP contribution in [0.2, 0.25) is 0 Å². The van der Waals surface area contributed by atoms with Crippen LogP contribution in [-0.2, 0) is 11.0 Å². The lowest BCUT2D eigenvalue weighted by Gasteiger charge is -2.35. The quantitative estimate of drug-likeness (QED) is 0.437. The van der Waals surface area contributed by atoms with E-state index >= 15 is 0 Å². The van der Waals surface area contributed by atoms with Crippen LogP contribution in [0.4, 0.5) is 30.6 Å². The van der Waals surface area contributed by atoms with Gasteiger partial charge in [-0.2, -0.15) is 18.2 Å². The number of hydrogen-bond donors (Lipinski definition) is 3. The Labute approximate surface area is 240 Å². The van der Waals surface area contributed by atoms with Crippen molar-refractivity contribution in [2.75, 3.05) is 43.9 Å². The largest absolute Gasteiger partial charge is 0.421 e. The van der Waals surface area contributed by atoms with Crippen molar-refractivity contribution in [3.63, 3.8) is 0 Å². The summed E-state index contributed by atoms with van der Waals surface area (Å²) in [6, 6.07) is 5.97. The number of nitrogens with one attached hydrogen (secondary N) is 3. The summed E-state index contributed by atoms with van der Waals surface area (Å²) in [7, 11) is 2.02. The molecular formula is C29H42F3N7O2. The number of hydrogen-bond acceptors (Lipinski definition) is 7. The number of benzene rings is 1. The zero-order valence-electron chi connectivity index (χ0n) is 23.4. The zero-order valence-corrected chi connectivity index (χ0v) is 23.4. The average Bonchev–Trinajstić information content (AvgIpc) is 2.89. The molecule has 0 bridgehead atoms. The second-order valence-electron chi connectivity index (χ2n) is 11.6. The molecule has 2 aromatic rings. The lowest BCUT2D eigenvalue weighted by atomic mass is 9.88. The van der Waals surface area contributed by atoms with Crippen LogP contribution in [0.5, 0.6) is 0 Å². The van der Waals surface area contributed by atoms with Gasteiger partial charge < -0.3 is 25.8 Å². The molecule has 2 atom stereocenters. The van der Waals surface area contributed by atoms with E-state index in [4.69, 9.17) is 0 Å². The maximum absolute atomic E-state index is 13.9. The highest BCUT2D eigenvalue weighted by atomic mass is 19.4. The van der Waals surface area contributed by atoms with Crippen LogP contribution in [0.15, 0.2) is 30.5 Å². The summed E-state index contributed by atoms with van der Waals surface area (Å²) < 4.78 is 41.6. The normalized spacial score (nSPS) is 20.1. The summed E-state index contributed by atoms with van der Waals surface area (Å²) in [5.74, 6) is -0.562. The Hall–Kier alpha value is -3.41. The lowest BCUT2D eigenvalue weighted by Crippen LogP contribution is -2.51. The summed E-state index contributed by atoms with van der Waals surface area (Å²) in [5.41, 5.74) is -0.520. The monoisotopic (exact) mass is 577 g/mol. The van der Waals surface area contributed by atoms with Crippen LogP contribution >= 0.6 is 0 Å². The van der Waals surface area contributed by atoms with Crippen molar-refractivity contribution in [1.82, 2.24) is 25.1 Å². The molecule has 2 aliphatic rings. The van der Waals surface area contributed by atoms with Gasteiger partial charge in [0, 0.05) is 61.1 Å². The lowest BCUT2D eigenvalue weighted by molar-refractivity contribution is -0.137. The van der Waals surface area contributed by atoms with E-state index in [1.54, 1.807) is 45.0 Å². The van der Waals surface area contributed by atoms with Crippen molar-refractivity contribution in [1.29, 1.82) is 0 Å². The summed E-state index contributed by atoms with van der Waals surface area (Å²) >= 11 is 0. The minimum Gasteiger partial charge on any atom is -0.365 e. The highest BCUT2D eigenvalue weighted by molar-refractivity contribution is 5.94. The predicted molar refractivity (Wildman–Crippen MR) is 154 cm³/mol. The predicted octanol–water partition coefficient (Wildman–Crippen LogP) is 5.15. The molecular weight excluding hydrogens is 535 g/mol. The molecule has 0 radical (unpaired) electrons. The van der Waals surface area contributed by atoms with Gasteiger partial charge in [0.1, 0.15) is 11.4 Å². The molecule has 9 nitrogen and oxygen atoms in total. The Balaban J connectivity index is 0.00000462. The van der Waals surface area contributed by atoms with E-state index in [2.05, 4.69) is 30.8 Å². The van der Waals surface area contributed by atoms with Gasteiger partial charge in [-0.15, -0.1) is 0 Å². The molecule has 3 N–H and O–H groups in total. The van der Waals surface area contributed by atoms with E-state index in [9.17, 15) is 22.8 Å². The number of rotatable bonds is 6. The third-order valence-electron chi connectivity index (χ3n) is 7.36. The van der Waals surface area contributed by atoms with Gasteiger partial charge in [-0.25, -0.2) is 4.98 Å². The minimum atomic E-state index is -4.66. The van der Waals surface area contributed by atoms with Gasteiger partial charge >= 0.3 is 6.18 Å². The van der Waals surface area contributed by atoms with E-state index in [1.165, 1.54) is 0 Å². The fourth-order valence-corrected chi connectivity index (χ4v) is 4.81. The summed E-state index contributed by atoms with van der Waals surface area (Å²) in [5, 5.41) is 8.92. The Morgan fingerprint density at radius 1 is 0.951 bits per heavy atom. The van der Waals surface area contributed by atoms with Crippen LogP contribution in [0.3, 0.4) is 0 Å². The van der Waals surface area contributed by atoms with Crippen molar-refractivity contribution in [3.8, 4) is 0 Å². The number of aromatic nitrogens is 2. The molecule has 1 aliphatic heterocycles. The molecule has 1 saturated heterocycles. The second-order valence-corrected chi connectivity index (χ2v) is 11.6. The molecule has 0 spiro atoms. The summed E-state index contributed by atoms with van der Waals surface area (Å²) in [6.07, 6.45) is -0.933. The molecule has 2 heterocycles. The maximum atomic E-state index is 13.9. The van der Waals surface area contributed by atoms with Gasteiger partial charge in [-0.1, -0.05) is 41.0 Å². The van der Waals surface area contributed by atoms with Crippen LogP contribution in [-0.4, -0.2) is 76.9 Å². The van der Waals surface area contributed by atoms with Crippen molar-refractivity contribution in [2.45, 2.75) is 72.1 Å². The number of carbonyl (C=O) groups excluding carboxylic acids is 2. The maximum Gasteiger partial charge on any atom is 0.421 e. The average molecular weight is 578 g/mol. The van der Waals surface area contributed by atoms with Gasteiger partial charge in [0.25, 0.3) is 5.91 Å². The Morgan fingerprint density at radius 3 is 2.15 bits per heavy atom. The smallest absolute Gasteiger partial charge is 0.365 e. The first kappa shape index (κ1) is 32.1. The molecule has 4 rings (SSSR count). The molecule has 2 amide bonds. The Kier molecular flexibility index (Phi) is 10.2. The standard InChI is InChI=1S/C28H38F3N7O2.CH4/c1-27(2,3)25(40)35-22-8-6-5-7-21(22)34-23-20(28(29,30)31)17-32-26(36-23)33-19-11-9-18(10-12-19)24(39)38-15-13-37(4)14-16-38;/h9-12,17,21-22H,5-8,13-16H2,1-4H3,(H,35,40)(H2,32,33,34,36);1H4/t21-,22+;/m1./s1. The first-order valence-electron chi connectivity index (χ1n) is 13.7. The fraction of sp³-hybridized carbons (Fsp3) is 0.586.